The molecule has 1 aromatic carbocycles. The van der Waals surface area contributed by atoms with Crippen LogP contribution in [0, 0.1) is 0 Å². The van der Waals surface area contributed by atoms with E-state index in [2.05, 4.69) is 15.6 Å². The lowest BCUT2D eigenvalue weighted by Crippen LogP contribution is -2.48. The number of carbonyl (C=O) groups is 2. The highest BCUT2D eigenvalue weighted by Gasteiger charge is 2.39. The number of carbonyl (C=O) groups excluding carboxylic acids is 2. The molecular weight excluding hydrogens is 244 g/mol. The molecule has 0 unspecified atom stereocenters. The van der Waals surface area contributed by atoms with Crippen LogP contribution in [0.1, 0.15) is 29.8 Å². The van der Waals surface area contributed by atoms with Gasteiger partial charge >= 0.3 is 0 Å². The molecule has 1 aliphatic rings. The number of imide groups is 1. The Labute approximate surface area is 111 Å². The largest absolute Gasteiger partial charge is 0.370 e. The van der Waals surface area contributed by atoms with Gasteiger partial charge in [0.15, 0.2) is 5.96 Å². The van der Waals surface area contributed by atoms with Crippen LogP contribution in [0.15, 0.2) is 23.2 Å². The van der Waals surface area contributed by atoms with Crippen molar-refractivity contribution in [2.75, 3.05) is 7.05 Å². The fraction of sp³-hybridized carbons (Fsp3) is 0.308. The van der Waals surface area contributed by atoms with Crippen molar-refractivity contribution in [1.29, 1.82) is 0 Å². The number of amides is 2. The van der Waals surface area contributed by atoms with Crippen LogP contribution in [0.3, 0.4) is 0 Å². The molecule has 2 amide bonds. The highest BCUT2D eigenvalue weighted by Crippen LogP contribution is 2.32. The lowest BCUT2D eigenvalue weighted by molar-refractivity contribution is -0.125. The summed E-state index contributed by atoms with van der Waals surface area (Å²) in [5.41, 5.74) is 6.55. The fourth-order valence-corrected chi connectivity index (χ4v) is 1.98. The predicted octanol–water partition coefficient (Wildman–Crippen LogP) is 0.400. The van der Waals surface area contributed by atoms with Gasteiger partial charge in [0.25, 0.3) is 5.91 Å². The number of fused-ring (bicyclic) bond motifs is 1. The third kappa shape index (κ3) is 2.16. The number of nitrogens with two attached hydrogens (primary N) is 1. The zero-order valence-electron chi connectivity index (χ0n) is 11.1. The second-order valence-corrected chi connectivity index (χ2v) is 4.89. The molecule has 0 spiro atoms. The SMILES string of the molecule is CNC(N)=Nc1ccc2c(c1)C(=O)NC(=O)C2(C)C. The average molecular weight is 260 g/mol. The van der Waals surface area contributed by atoms with Gasteiger partial charge in [0, 0.05) is 12.6 Å². The van der Waals surface area contributed by atoms with Gasteiger partial charge in [-0.25, -0.2) is 4.99 Å². The number of hydrogen-bond acceptors (Lipinski definition) is 3. The average Bonchev–Trinajstić information content (AvgIpc) is 2.36. The summed E-state index contributed by atoms with van der Waals surface area (Å²) in [6.45, 7) is 3.55. The summed E-state index contributed by atoms with van der Waals surface area (Å²) >= 11 is 0. The molecule has 0 aliphatic carbocycles. The summed E-state index contributed by atoms with van der Waals surface area (Å²) in [6, 6.07) is 5.10. The van der Waals surface area contributed by atoms with Gasteiger partial charge in [0.05, 0.1) is 11.1 Å². The Hall–Kier alpha value is -2.37. The molecule has 6 nitrogen and oxygen atoms in total. The molecular formula is C13H16N4O2. The first-order valence-electron chi connectivity index (χ1n) is 5.88. The third-order valence-corrected chi connectivity index (χ3v) is 3.22. The van der Waals surface area contributed by atoms with Crippen LogP contribution in [0.2, 0.25) is 0 Å². The third-order valence-electron chi connectivity index (χ3n) is 3.22. The lowest BCUT2D eigenvalue weighted by Gasteiger charge is -2.30. The normalized spacial score (nSPS) is 17.7. The standard InChI is InChI=1S/C13H16N4O2/c1-13(2)9-5-4-7(16-12(14)15-3)6-8(9)10(18)17-11(13)19/h4-6H,1-3H3,(H3,14,15,16)(H,17,18,19). The first-order chi connectivity index (χ1) is 8.86. The quantitative estimate of drug-likeness (QED) is 0.387. The van der Waals surface area contributed by atoms with E-state index in [0.717, 1.165) is 0 Å². The summed E-state index contributed by atoms with van der Waals surface area (Å²) in [7, 11) is 1.66. The van der Waals surface area contributed by atoms with Crippen LogP contribution in [-0.4, -0.2) is 24.8 Å². The molecule has 19 heavy (non-hydrogen) atoms. The van der Waals surface area contributed by atoms with Crippen LogP contribution < -0.4 is 16.4 Å². The minimum absolute atomic E-state index is 0.256. The van der Waals surface area contributed by atoms with Crippen molar-refractivity contribution >= 4 is 23.5 Å². The van der Waals surface area contributed by atoms with Crippen molar-refractivity contribution in [3.05, 3.63) is 29.3 Å². The molecule has 4 N–H and O–H groups in total. The van der Waals surface area contributed by atoms with Crippen molar-refractivity contribution in [2.24, 2.45) is 10.7 Å². The minimum Gasteiger partial charge on any atom is -0.370 e. The predicted molar refractivity (Wildman–Crippen MR) is 72.3 cm³/mol. The number of benzene rings is 1. The molecule has 0 saturated carbocycles. The molecule has 0 atom stereocenters. The van der Waals surface area contributed by atoms with E-state index in [0.29, 0.717) is 16.8 Å². The topological polar surface area (TPSA) is 96.6 Å². The fourth-order valence-electron chi connectivity index (χ4n) is 1.98. The molecule has 0 bridgehead atoms. The Morgan fingerprint density at radius 1 is 1.37 bits per heavy atom. The summed E-state index contributed by atoms with van der Waals surface area (Å²) in [6.07, 6.45) is 0. The number of nitrogens with zero attached hydrogens (tertiary/aromatic N) is 1. The molecule has 100 valence electrons. The molecule has 2 rings (SSSR count). The minimum atomic E-state index is -0.736. The van der Waals surface area contributed by atoms with Crippen molar-refractivity contribution in [3.8, 4) is 0 Å². The number of nitrogens with one attached hydrogen (secondary N) is 2. The molecule has 0 radical (unpaired) electrons. The molecule has 0 aromatic heterocycles. The van der Waals surface area contributed by atoms with Gasteiger partial charge in [-0.15, -0.1) is 0 Å². The molecule has 1 aliphatic heterocycles. The van der Waals surface area contributed by atoms with Gasteiger partial charge < -0.3 is 11.1 Å². The van der Waals surface area contributed by atoms with E-state index >= 15 is 0 Å². The molecule has 6 heteroatoms. The molecule has 1 aromatic rings. The van der Waals surface area contributed by atoms with Crippen LogP contribution in [0.25, 0.3) is 0 Å². The smallest absolute Gasteiger partial charge is 0.258 e. The van der Waals surface area contributed by atoms with E-state index in [1.165, 1.54) is 0 Å². The van der Waals surface area contributed by atoms with Crippen molar-refractivity contribution in [1.82, 2.24) is 10.6 Å². The van der Waals surface area contributed by atoms with Crippen molar-refractivity contribution in [3.63, 3.8) is 0 Å². The highest BCUT2D eigenvalue weighted by molar-refractivity contribution is 6.13. The zero-order valence-corrected chi connectivity index (χ0v) is 11.1. The second kappa shape index (κ2) is 4.38. The monoisotopic (exact) mass is 260 g/mol. The summed E-state index contributed by atoms with van der Waals surface area (Å²) in [5, 5.41) is 5.05. The van der Waals surface area contributed by atoms with Gasteiger partial charge in [-0.3, -0.25) is 14.9 Å². The number of aliphatic imine (C=N–C) groups is 1. The summed E-state index contributed by atoms with van der Waals surface area (Å²) in [5.74, 6) is -0.443. The maximum atomic E-state index is 11.9. The Balaban J connectivity index is 2.54. The first kappa shape index (κ1) is 13.1. The Bertz CT molecular complexity index is 590. The van der Waals surface area contributed by atoms with Gasteiger partial charge in [-0.05, 0) is 31.5 Å². The molecule has 0 fully saturated rings. The van der Waals surface area contributed by atoms with Gasteiger partial charge in [-0.1, -0.05) is 6.07 Å². The van der Waals surface area contributed by atoms with E-state index in [1.54, 1.807) is 39.1 Å². The Morgan fingerprint density at radius 3 is 2.68 bits per heavy atom. The molecule has 1 heterocycles. The van der Waals surface area contributed by atoms with Gasteiger partial charge in [0.2, 0.25) is 5.91 Å². The van der Waals surface area contributed by atoms with E-state index < -0.39 is 11.3 Å². The summed E-state index contributed by atoms with van der Waals surface area (Å²) < 4.78 is 0. The van der Waals surface area contributed by atoms with Crippen LogP contribution >= 0.6 is 0 Å². The van der Waals surface area contributed by atoms with Crippen molar-refractivity contribution in [2.45, 2.75) is 19.3 Å². The van der Waals surface area contributed by atoms with E-state index in [-0.39, 0.29) is 11.9 Å². The second-order valence-electron chi connectivity index (χ2n) is 4.89. The molecule has 0 saturated heterocycles. The maximum Gasteiger partial charge on any atom is 0.258 e. The van der Waals surface area contributed by atoms with Crippen LogP contribution in [0.5, 0.6) is 0 Å². The van der Waals surface area contributed by atoms with E-state index in [4.69, 9.17) is 5.73 Å². The van der Waals surface area contributed by atoms with Crippen LogP contribution in [-0.2, 0) is 10.2 Å². The van der Waals surface area contributed by atoms with E-state index in [1.807, 2.05) is 0 Å². The Morgan fingerprint density at radius 2 is 2.05 bits per heavy atom. The first-order valence-corrected chi connectivity index (χ1v) is 5.88. The number of hydrogen-bond donors (Lipinski definition) is 3. The highest BCUT2D eigenvalue weighted by atomic mass is 16.2. The van der Waals surface area contributed by atoms with Crippen LogP contribution in [0.4, 0.5) is 5.69 Å². The zero-order chi connectivity index (χ0) is 14.2. The van der Waals surface area contributed by atoms with Crippen molar-refractivity contribution < 1.29 is 9.59 Å². The number of guanidine groups is 1. The Kier molecular flexibility index (Phi) is 3.01. The van der Waals surface area contributed by atoms with E-state index in [9.17, 15) is 9.59 Å². The van der Waals surface area contributed by atoms with Gasteiger partial charge in [-0.2, -0.15) is 0 Å². The number of rotatable bonds is 1. The maximum absolute atomic E-state index is 11.9. The summed E-state index contributed by atoms with van der Waals surface area (Å²) in [4.78, 5) is 27.8. The lowest BCUT2D eigenvalue weighted by atomic mass is 9.78. The van der Waals surface area contributed by atoms with Gasteiger partial charge in [0.1, 0.15) is 0 Å².